The van der Waals surface area contributed by atoms with Crippen molar-refractivity contribution in [1.29, 1.82) is 0 Å². The van der Waals surface area contributed by atoms with Crippen LogP contribution in [0.3, 0.4) is 0 Å². The number of carbonyl (C=O) groups is 1. The molecule has 35 heavy (non-hydrogen) atoms. The molecule has 3 nitrogen and oxygen atoms in total. The molecular formula is C30H31ClN2OS. The molecule has 0 aromatic heterocycles. The summed E-state index contributed by atoms with van der Waals surface area (Å²) in [6.45, 7) is 0.666. The van der Waals surface area contributed by atoms with Crippen molar-refractivity contribution in [1.82, 2.24) is 5.32 Å². The monoisotopic (exact) mass is 502 g/mol. The molecule has 2 bridgehead atoms. The highest BCUT2D eigenvalue weighted by Crippen LogP contribution is 2.63. The smallest absolute Gasteiger partial charge is 0.251 e. The van der Waals surface area contributed by atoms with Gasteiger partial charge in [-0.25, -0.2) is 0 Å². The highest BCUT2D eigenvalue weighted by molar-refractivity contribution is 7.98. The first kappa shape index (κ1) is 23.0. The van der Waals surface area contributed by atoms with E-state index < -0.39 is 0 Å². The Balaban J connectivity index is 1.13. The van der Waals surface area contributed by atoms with Gasteiger partial charge in [0.15, 0.2) is 0 Å². The fourth-order valence-corrected chi connectivity index (χ4v) is 7.67. The Labute approximate surface area is 217 Å². The molecular weight excluding hydrogens is 472 g/mol. The van der Waals surface area contributed by atoms with Crippen LogP contribution in [0, 0.1) is 17.8 Å². The Kier molecular flexibility index (Phi) is 6.51. The van der Waals surface area contributed by atoms with E-state index in [4.69, 9.17) is 11.6 Å². The molecule has 0 unspecified atom stereocenters. The summed E-state index contributed by atoms with van der Waals surface area (Å²) in [5.74, 6) is 4.54. The molecule has 3 aromatic carbocycles. The summed E-state index contributed by atoms with van der Waals surface area (Å²) in [5.41, 5.74) is 6.00. The third-order valence-corrected chi connectivity index (χ3v) is 9.50. The van der Waals surface area contributed by atoms with Crippen molar-refractivity contribution in [2.75, 3.05) is 17.6 Å². The quantitative estimate of drug-likeness (QED) is 0.333. The van der Waals surface area contributed by atoms with Crippen LogP contribution in [-0.4, -0.2) is 18.2 Å². The molecule has 2 saturated carbocycles. The molecule has 6 rings (SSSR count). The average Bonchev–Trinajstić information content (AvgIpc) is 3.52. The van der Waals surface area contributed by atoms with Crippen LogP contribution in [0.1, 0.15) is 58.3 Å². The van der Waals surface area contributed by atoms with Crippen LogP contribution in [0.15, 0.2) is 72.8 Å². The van der Waals surface area contributed by atoms with Crippen LogP contribution in [-0.2, 0) is 5.75 Å². The van der Waals surface area contributed by atoms with Crippen molar-refractivity contribution < 1.29 is 4.79 Å². The van der Waals surface area contributed by atoms with E-state index in [0.717, 1.165) is 33.9 Å². The molecule has 1 aliphatic heterocycles. The SMILES string of the molecule is O=C(NCCSCc1ccc(Cl)cc1)c1ccc2c(c1)[C@@H]1[C@H]3CC[C@@H](C3)[C@@H]1[C@H](c1ccccc1)N2. The molecule has 2 N–H and O–H groups in total. The zero-order valence-corrected chi connectivity index (χ0v) is 21.3. The fourth-order valence-electron chi connectivity index (χ4n) is 6.73. The first-order valence-electron chi connectivity index (χ1n) is 12.7. The summed E-state index contributed by atoms with van der Waals surface area (Å²) in [4.78, 5) is 13.0. The number of hydrogen-bond acceptors (Lipinski definition) is 3. The second-order valence-corrected chi connectivity index (χ2v) is 11.7. The third-order valence-electron chi connectivity index (χ3n) is 8.22. The van der Waals surface area contributed by atoms with E-state index in [9.17, 15) is 4.79 Å². The van der Waals surface area contributed by atoms with E-state index in [1.54, 1.807) is 0 Å². The molecule has 3 aliphatic rings. The predicted molar refractivity (Wildman–Crippen MR) is 146 cm³/mol. The number of thioether (sulfide) groups is 1. The molecule has 0 saturated heterocycles. The minimum absolute atomic E-state index is 0.0322. The molecule has 0 radical (unpaired) electrons. The number of nitrogens with one attached hydrogen (secondary N) is 2. The molecule has 5 heteroatoms. The van der Waals surface area contributed by atoms with Gasteiger partial charge in [0.2, 0.25) is 0 Å². The summed E-state index contributed by atoms with van der Waals surface area (Å²) in [7, 11) is 0. The first-order valence-corrected chi connectivity index (χ1v) is 14.3. The van der Waals surface area contributed by atoms with E-state index in [2.05, 4.69) is 65.2 Å². The number of benzene rings is 3. The maximum atomic E-state index is 13.0. The molecule has 1 amide bonds. The van der Waals surface area contributed by atoms with Crippen molar-refractivity contribution in [3.05, 3.63) is 100 Å². The maximum Gasteiger partial charge on any atom is 0.251 e. The van der Waals surface area contributed by atoms with E-state index in [-0.39, 0.29) is 5.91 Å². The lowest BCUT2D eigenvalue weighted by Gasteiger charge is -2.43. The third kappa shape index (κ3) is 4.59. The molecule has 0 spiro atoms. The van der Waals surface area contributed by atoms with E-state index in [1.165, 1.54) is 41.6 Å². The van der Waals surface area contributed by atoms with Crippen LogP contribution in [0.5, 0.6) is 0 Å². The van der Waals surface area contributed by atoms with Gasteiger partial charge in [-0.2, -0.15) is 11.8 Å². The Morgan fingerprint density at radius 2 is 1.80 bits per heavy atom. The van der Waals surface area contributed by atoms with Gasteiger partial charge >= 0.3 is 0 Å². The van der Waals surface area contributed by atoms with Gasteiger partial charge in [0.25, 0.3) is 5.91 Å². The lowest BCUT2D eigenvalue weighted by Crippen LogP contribution is -2.35. The highest BCUT2D eigenvalue weighted by Gasteiger charge is 2.53. The molecule has 3 aromatic rings. The zero-order chi connectivity index (χ0) is 23.8. The van der Waals surface area contributed by atoms with E-state index >= 15 is 0 Å². The van der Waals surface area contributed by atoms with Crippen LogP contribution in [0.2, 0.25) is 5.02 Å². The van der Waals surface area contributed by atoms with Crippen LogP contribution >= 0.6 is 23.4 Å². The van der Waals surface area contributed by atoms with Gasteiger partial charge in [0, 0.05) is 34.3 Å². The first-order chi connectivity index (χ1) is 17.2. The van der Waals surface area contributed by atoms with Gasteiger partial charge in [-0.15, -0.1) is 0 Å². The number of hydrogen-bond donors (Lipinski definition) is 2. The average molecular weight is 503 g/mol. The van der Waals surface area contributed by atoms with Gasteiger partial charge in [-0.3, -0.25) is 4.79 Å². The fraction of sp³-hybridized carbons (Fsp3) is 0.367. The molecule has 2 aliphatic carbocycles. The molecule has 180 valence electrons. The number of anilines is 1. The lowest BCUT2D eigenvalue weighted by atomic mass is 9.68. The Morgan fingerprint density at radius 1 is 1.00 bits per heavy atom. The molecule has 2 fully saturated rings. The summed E-state index contributed by atoms with van der Waals surface area (Å²) in [6.07, 6.45) is 4.01. The highest BCUT2D eigenvalue weighted by atomic mass is 35.5. The maximum absolute atomic E-state index is 13.0. The normalized spacial score (nSPS) is 26.0. The van der Waals surface area contributed by atoms with Gasteiger partial charge in [0.1, 0.15) is 0 Å². The summed E-state index contributed by atoms with van der Waals surface area (Å²) in [6, 6.07) is 25.5. The molecule has 5 atom stereocenters. The van der Waals surface area contributed by atoms with Crippen molar-refractivity contribution in [2.24, 2.45) is 17.8 Å². The molecule has 1 heterocycles. The largest absolute Gasteiger partial charge is 0.378 e. The lowest BCUT2D eigenvalue weighted by molar-refractivity contribution is 0.0956. The van der Waals surface area contributed by atoms with E-state index in [0.29, 0.717) is 24.4 Å². The predicted octanol–water partition coefficient (Wildman–Crippen LogP) is 7.30. The number of rotatable bonds is 7. The van der Waals surface area contributed by atoms with Gasteiger partial charge in [-0.05, 0) is 90.0 Å². The van der Waals surface area contributed by atoms with Crippen molar-refractivity contribution >= 4 is 35.0 Å². The van der Waals surface area contributed by atoms with Crippen molar-refractivity contribution in [3.63, 3.8) is 0 Å². The number of halogens is 1. The minimum atomic E-state index is 0.0322. The Hall–Kier alpha value is -2.43. The van der Waals surface area contributed by atoms with Gasteiger partial charge in [-0.1, -0.05) is 54.1 Å². The summed E-state index contributed by atoms with van der Waals surface area (Å²) < 4.78 is 0. The van der Waals surface area contributed by atoms with Crippen LogP contribution in [0.4, 0.5) is 5.69 Å². The minimum Gasteiger partial charge on any atom is -0.378 e. The summed E-state index contributed by atoms with van der Waals surface area (Å²) >= 11 is 7.78. The van der Waals surface area contributed by atoms with E-state index in [1.807, 2.05) is 30.0 Å². The number of carbonyl (C=O) groups excluding carboxylic acids is 1. The van der Waals surface area contributed by atoms with Crippen LogP contribution in [0.25, 0.3) is 0 Å². The zero-order valence-electron chi connectivity index (χ0n) is 19.8. The number of amides is 1. The summed E-state index contributed by atoms with van der Waals surface area (Å²) in [5, 5.41) is 7.76. The second kappa shape index (κ2) is 9.91. The Bertz CT molecular complexity index is 1200. The number of fused-ring (bicyclic) bond motifs is 7. The van der Waals surface area contributed by atoms with Crippen molar-refractivity contribution in [2.45, 2.75) is 37.0 Å². The van der Waals surface area contributed by atoms with Crippen molar-refractivity contribution in [3.8, 4) is 0 Å². The van der Waals surface area contributed by atoms with Gasteiger partial charge < -0.3 is 10.6 Å². The topological polar surface area (TPSA) is 41.1 Å². The Morgan fingerprint density at radius 3 is 2.63 bits per heavy atom. The van der Waals surface area contributed by atoms with Gasteiger partial charge in [0.05, 0.1) is 6.04 Å². The van der Waals surface area contributed by atoms with Crippen LogP contribution < -0.4 is 10.6 Å². The second-order valence-electron chi connectivity index (χ2n) is 10.2. The standard InChI is InChI=1S/C30H31ClN2OS/c31-24-11-6-19(7-12-24)18-35-15-14-32-30(34)23-10-13-26-25(17-23)27-21-8-9-22(16-21)28(27)29(33-26)20-4-2-1-3-5-20/h1-7,10-13,17,21-22,27-29,33H,8-9,14-16,18H2,(H,32,34)/t21-,22-,27-,28-,29-/m0/s1.